The highest BCUT2D eigenvalue weighted by Gasteiger charge is 2.20. The summed E-state index contributed by atoms with van der Waals surface area (Å²) >= 11 is 0. The van der Waals surface area contributed by atoms with Crippen molar-refractivity contribution in [1.29, 1.82) is 0 Å². The molecule has 2 rings (SSSR count). The summed E-state index contributed by atoms with van der Waals surface area (Å²) in [4.78, 5) is 11.9. The van der Waals surface area contributed by atoms with E-state index in [1.54, 1.807) is 20.9 Å². The van der Waals surface area contributed by atoms with Gasteiger partial charge in [-0.2, -0.15) is 8.42 Å². The minimum atomic E-state index is -3.69. The van der Waals surface area contributed by atoms with Gasteiger partial charge in [0.2, 0.25) is 0 Å². The first-order valence-corrected chi connectivity index (χ1v) is 6.68. The van der Waals surface area contributed by atoms with Crippen LogP contribution in [0.2, 0.25) is 0 Å². The lowest BCUT2D eigenvalue weighted by Gasteiger charge is -2.07. The number of anilines is 1. The van der Waals surface area contributed by atoms with Gasteiger partial charge in [-0.05, 0) is 13.8 Å². The molecule has 7 nitrogen and oxygen atoms in total. The molecule has 0 fully saturated rings. The third-order valence-electron chi connectivity index (χ3n) is 2.47. The first-order valence-electron chi connectivity index (χ1n) is 5.20. The van der Waals surface area contributed by atoms with E-state index in [0.717, 1.165) is 0 Å². The molecule has 2 heterocycles. The zero-order chi connectivity index (χ0) is 13.3. The first kappa shape index (κ1) is 12.5. The lowest BCUT2D eigenvalue weighted by atomic mass is 10.5. The average Bonchev–Trinajstić information content (AvgIpc) is 2.63. The Bertz CT molecular complexity index is 660. The highest BCUT2D eigenvalue weighted by Crippen LogP contribution is 2.13. The topological polar surface area (TPSA) is 89.8 Å². The first-order chi connectivity index (χ1) is 8.40. The van der Waals surface area contributed by atoms with Gasteiger partial charge in [0.25, 0.3) is 10.0 Å². The second kappa shape index (κ2) is 4.37. The van der Waals surface area contributed by atoms with Crippen LogP contribution in [0.25, 0.3) is 0 Å². The minimum absolute atomic E-state index is 0.0855. The summed E-state index contributed by atoms with van der Waals surface area (Å²) in [5.74, 6) is 0.796. The standard InChI is InChI=1S/C10H13N5O2S/c1-7-4-13-9(5-11-7)14-18(16,17)10-6-12-8(2)15(10)3/h4-6H,1-3H3,(H,13,14). The largest absolute Gasteiger partial charge is 0.321 e. The molecule has 18 heavy (non-hydrogen) atoms. The van der Waals surface area contributed by atoms with E-state index in [2.05, 4.69) is 19.7 Å². The van der Waals surface area contributed by atoms with E-state index < -0.39 is 10.0 Å². The molecule has 0 aliphatic rings. The molecule has 2 aromatic rings. The summed E-state index contributed by atoms with van der Waals surface area (Å²) in [6, 6.07) is 0. The van der Waals surface area contributed by atoms with Crippen LogP contribution in [-0.4, -0.2) is 27.9 Å². The molecule has 2 aromatic heterocycles. The number of hydrogen-bond donors (Lipinski definition) is 1. The van der Waals surface area contributed by atoms with Crippen LogP contribution >= 0.6 is 0 Å². The molecule has 8 heteroatoms. The maximum absolute atomic E-state index is 12.1. The van der Waals surface area contributed by atoms with Crippen molar-refractivity contribution in [2.75, 3.05) is 4.72 Å². The van der Waals surface area contributed by atoms with E-state index in [9.17, 15) is 8.42 Å². The lowest BCUT2D eigenvalue weighted by molar-refractivity contribution is 0.589. The zero-order valence-electron chi connectivity index (χ0n) is 10.2. The predicted octanol–water partition coefficient (Wildman–Crippen LogP) is 0.628. The summed E-state index contributed by atoms with van der Waals surface area (Å²) in [6.07, 6.45) is 4.17. The third-order valence-corrected chi connectivity index (χ3v) is 3.88. The van der Waals surface area contributed by atoms with Crippen LogP contribution in [0.1, 0.15) is 11.5 Å². The van der Waals surface area contributed by atoms with Crippen molar-refractivity contribution in [2.45, 2.75) is 18.9 Å². The van der Waals surface area contributed by atoms with Crippen molar-refractivity contribution in [3.05, 3.63) is 30.1 Å². The highest BCUT2D eigenvalue weighted by atomic mass is 32.2. The molecule has 0 bridgehead atoms. The molecular weight excluding hydrogens is 254 g/mol. The second-order valence-corrected chi connectivity index (χ2v) is 5.48. The number of nitrogens with one attached hydrogen (secondary N) is 1. The summed E-state index contributed by atoms with van der Waals surface area (Å²) < 4.78 is 28.0. The van der Waals surface area contributed by atoms with Crippen LogP contribution in [0, 0.1) is 13.8 Å². The Labute approximate surface area is 105 Å². The average molecular weight is 267 g/mol. The quantitative estimate of drug-likeness (QED) is 0.880. The molecule has 0 amide bonds. The van der Waals surface area contributed by atoms with Gasteiger partial charge in [0.05, 0.1) is 24.3 Å². The SMILES string of the molecule is Cc1cnc(NS(=O)(=O)c2cnc(C)n2C)cn1. The van der Waals surface area contributed by atoms with Gasteiger partial charge in [-0.3, -0.25) is 9.71 Å². The van der Waals surface area contributed by atoms with Gasteiger partial charge in [0, 0.05) is 7.05 Å². The van der Waals surface area contributed by atoms with Crippen LogP contribution in [0.5, 0.6) is 0 Å². The van der Waals surface area contributed by atoms with Crippen molar-refractivity contribution in [1.82, 2.24) is 19.5 Å². The molecule has 0 saturated carbocycles. The second-order valence-electron chi connectivity index (χ2n) is 3.85. The van der Waals surface area contributed by atoms with Crippen LogP contribution in [0.4, 0.5) is 5.82 Å². The minimum Gasteiger partial charge on any atom is -0.321 e. The number of hydrogen-bond acceptors (Lipinski definition) is 5. The Kier molecular flexibility index (Phi) is 3.04. The van der Waals surface area contributed by atoms with E-state index in [1.165, 1.54) is 23.2 Å². The van der Waals surface area contributed by atoms with Crippen molar-refractivity contribution >= 4 is 15.8 Å². The smallest absolute Gasteiger partial charge is 0.280 e. The molecule has 0 unspecified atom stereocenters. The van der Waals surface area contributed by atoms with Gasteiger partial charge in [-0.1, -0.05) is 0 Å². The van der Waals surface area contributed by atoms with E-state index in [1.807, 2.05) is 0 Å². The summed E-state index contributed by atoms with van der Waals surface area (Å²) in [7, 11) is -2.05. The van der Waals surface area contributed by atoms with Crippen LogP contribution in [0.3, 0.4) is 0 Å². The van der Waals surface area contributed by atoms with Crippen LogP contribution in [-0.2, 0) is 17.1 Å². The van der Waals surface area contributed by atoms with Gasteiger partial charge in [0.15, 0.2) is 10.8 Å². The normalized spacial score (nSPS) is 11.5. The molecule has 0 radical (unpaired) electrons. The molecule has 1 N–H and O–H groups in total. The summed E-state index contributed by atoms with van der Waals surface area (Å²) in [6.45, 7) is 3.50. The number of aromatic nitrogens is 4. The third kappa shape index (κ3) is 2.33. The fourth-order valence-corrected chi connectivity index (χ4v) is 2.54. The van der Waals surface area contributed by atoms with Crippen LogP contribution in [0.15, 0.2) is 23.6 Å². The zero-order valence-corrected chi connectivity index (χ0v) is 11.1. The Morgan fingerprint density at radius 3 is 2.33 bits per heavy atom. The Balaban J connectivity index is 2.33. The van der Waals surface area contributed by atoms with Gasteiger partial charge in [-0.25, -0.2) is 9.97 Å². The van der Waals surface area contributed by atoms with Crippen LogP contribution < -0.4 is 4.72 Å². The van der Waals surface area contributed by atoms with Crippen molar-refractivity contribution in [2.24, 2.45) is 7.05 Å². The summed E-state index contributed by atoms with van der Waals surface area (Å²) in [5, 5.41) is 0.0855. The number of nitrogens with zero attached hydrogens (tertiary/aromatic N) is 4. The molecule has 0 saturated heterocycles. The van der Waals surface area contributed by atoms with Crippen molar-refractivity contribution in [3.63, 3.8) is 0 Å². The molecule has 96 valence electrons. The molecular formula is C10H13N5O2S. The molecule has 0 atom stereocenters. The molecule has 0 spiro atoms. The van der Waals surface area contributed by atoms with E-state index in [0.29, 0.717) is 11.5 Å². The number of imidazole rings is 1. The molecule has 0 aliphatic heterocycles. The molecule has 0 aromatic carbocycles. The van der Waals surface area contributed by atoms with Gasteiger partial charge in [-0.15, -0.1) is 0 Å². The fraction of sp³-hybridized carbons (Fsp3) is 0.300. The van der Waals surface area contributed by atoms with Crippen molar-refractivity contribution < 1.29 is 8.42 Å². The predicted molar refractivity (Wildman–Crippen MR) is 65.5 cm³/mol. The monoisotopic (exact) mass is 267 g/mol. The summed E-state index contributed by atoms with van der Waals surface area (Å²) in [5.41, 5.74) is 0.717. The molecule has 0 aliphatic carbocycles. The Morgan fingerprint density at radius 2 is 1.83 bits per heavy atom. The van der Waals surface area contributed by atoms with Gasteiger partial charge in [0.1, 0.15) is 5.82 Å². The van der Waals surface area contributed by atoms with E-state index in [-0.39, 0.29) is 10.8 Å². The lowest BCUT2D eigenvalue weighted by Crippen LogP contribution is -2.17. The number of sulfonamides is 1. The van der Waals surface area contributed by atoms with Crippen molar-refractivity contribution in [3.8, 4) is 0 Å². The van der Waals surface area contributed by atoms with E-state index >= 15 is 0 Å². The Morgan fingerprint density at radius 1 is 1.11 bits per heavy atom. The maximum Gasteiger partial charge on any atom is 0.280 e. The Hall–Kier alpha value is -1.96. The number of aryl methyl sites for hydroxylation is 2. The maximum atomic E-state index is 12.1. The fourth-order valence-electron chi connectivity index (χ4n) is 1.37. The van der Waals surface area contributed by atoms with E-state index in [4.69, 9.17) is 0 Å². The number of rotatable bonds is 3. The van der Waals surface area contributed by atoms with Gasteiger partial charge >= 0.3 is 0 Å². The van der Waals surface area contributed by atoms with Gasteiger partial charge < -0.3 is 4.57 Å². The highest BCUT2D eigenvalue weighted by molar-refractivity contribution is 7.92.